The summed E-state index contributed by atoms with van der Waals surface area (Å²) < 4.78 is 0. The van der Waals surface area contributed by atoms with Crippen LogP contribution in [0.1, 0.15) is 59.3 Å². The second kappa shape index (κ2) is 8.35. The molecule has 1 heterocycles. The lowest BCUT2D eigenvalue weighted by Crippen LogP contribution is -2.58. The van der Waals surface area contributed by atoms with Gasteiger partial charge in [0.15, 0.2) is 0 Å². The largest absolute Gasteiger partial charge is 0.312 e. The van der Waals surface area contributed by atoms with Gasteiger partial charge in [0.05, 0.1) is 0 Å². The smallest absolute Gasteiger partial charge is 0.0250 e. The molecule has 118 valence electrons. The molecule has 0 aromatic heterocycles. The molecule has 0 aromatic rings. The van der Waals surface area contributed by atoms with Crippen molar-refractivity contribution in [2.75, 3.05) is 32.7 Å². The fraction of sp³-hybridized carbons (Fsp3) is 1.00. The van der Waals surface area contributed by atoms with Gasteiger partial charge in [-0.25, -0.2) is 0 Å². The quantitative estimate of drug-likeness (QED) is 0.807. The molecule has 1 saturated heterocycles. The Morgan fingerprint density at radius 3 is 2.40 bits per heavy atom. The molecule has 0 spiro atoms. The monoisotopic (exact) mass is 281 g/mol. The van der Waals surface area contributed by atoms with Crippen LogP contribution in [0.3, 0.4) is 0 Å². The van der Waals surface area contributed by atoms with Gasteiger partial charge in [-0.1, -0.05) is 26.7 Å². The molecule has 0 bridgehead atoms. The fourth-order valence-electron chi connectivity index (χ4n) is 3.88. The zero-order valence-electron chi connectivity index (χ0n) is 13.9. The van der Waals surface area contributed by atoms with Crippen LogP contribution in [0.2, 0.25) is 0 Å². The van der Waals surface area contributed by atoms with Gasteiger partial charge in [-0.05, 0) is 39.2 Å². The van der Waals surface area contributed by atoms with Crippen LogP contribution in [0.25, 0.3) is 0 Å². The van der Waals surface area contributed by atoms with Crippen LogP contribution in [0.15, 0.2) is 0 Å². The molecule has 0 aromatic carbocycles. The highest BCUT2D eigenvalue weighted by Crippen LogP contribution is 2.24. The summed E-state index contributed by atoms with van der Waals surface area (Å²) >= 11 is 0. The number of rotatable bonds is 6. The first-order valence-electron chi connectivity index (χ1n) is 8.97. The number of nitrogens with one attached hydrogen (secondary N) is 1. The minimum Gasteiger partial charge on any atom is -0.312 e. The second-order valence-electron chi connectivity index (χ2n) is 6.74. The third-order valence-electron chi connectivity index (χ3n) is 5.42. The molecule has 2 fully saturated rings. The first-order valence-corrected chi connectivity index (χ1v) is 8.97. The summed E-state index contributed by atoms with van der Waals surface area (Å²) in [5, 5.41) is 3.81. The molecule has 1 N–H and O–H groups in total. The summed E-state index contributed by atoms with van der Waals surface area (Å²) in [4.78, 5) is 5.46. The zero-order valence-corrected chi connectivity index (χ0v) is 13.9. The SMILES string of the molecule is CCCNC1CCCCC1N1CCN(C(C)CC)CC1. The summed E-state index contributed by atoms with van der Waals surface area (Å²) in [7, 11) is 0. The molecule has 3 heteroatoms. The molecule has 3 unspecified atom stereocenters. The highest BCUT2D eigenvalue weighted by molar-refractivity contribution is 4.90. The molecule has 1 aliphatic carbocycles. The lowest BCUT2D eigenvalue weighted by Gasteiger charge is -2.45. The van der Waals surface area contributed by atoms with Gasteiger partial charge in [-0.3, -0.25) is 9.80 Å². The molecular formula is C17H35N3. The van der Waals surface area contributed by atoms with Gasteiger partial charge < -0.3 is 5.32 Å². The van der Waals surface area contributed by atoms with Crippen molar-refractivity contribution in [1.29, 1.82) is 0 Å². The number of hydrogen-bond donors (Lipinski definition) is 1. The minimum absolute atomic E-state index is 0.749. The van der Waals surface area contributed by atoms with Crippen molar-refractivity contribution < 1.29 is 0 Å². The van der Waals surface area contributed by atoms with E-state index in [1.165, 1.54) is 71.2 Å². The van der Waals surface area contributed by atoms with Crippen molar-refractivity contribution in [2.24, 2.45) is 0 Å². The van der Waals surface area contributed by atoms with E-state index in [1.807, 2.05) is 0 Å². The summed E-state index contributed by atoms with van der Waals surface area (Å²) in [6.07, 6.45) is 8.18. The molecule has 0 radical (unpaired) electrons. The van der Waals surface area contributed by atoms with Crippen molar-refractivity contribution >= 4 is 0 Å². The maximum Gasteiger partial charge on any atom is 0.0250 e. The van der Waals surface area contributed by atoms with Gasteiger partial charge in [0.1, 0.15) is 0 Å². The molecular weight excluding hydrogens is 246 g/mol. The normalized spacial score (nSPS) is 31.4. The van der Waals surface area contributed by atoms with Crippen LogP contribution in [-0.2, 0) is 0 Å². The van der Waals surface area contributed by atoms with Crippen LogP contribution in [0.4, 0.5) is 0 Å². The Bertz CT molecular complexity index is 261. The van der Waals surface area contributed by atoms with Crippen molar-refractivity contribution in [3.8, 4) is 0 Å². The van der Waals surface area contributed by atoms with E-state index in [2.05, 4.69) is 35.9 Å². The molecule has 2 rings (SSSR count). The zero-order chi connectivity index (χ0) is 14.4. The standard InChI is InChI=1S/C17H35N3/c1-4-10-18-16-8-6-7-9-17(16)20-13-11-19(12-14-20)15(3)5-2/h15-18H,4-14H2,1-3H3. The van der Waals surface area contributed by atoms with Gasteiger partial charge in [0, 0.05) is 44.3 Å². The van der Waals surface area contributed by atoms with E-state index in [-0.39, 0.29) is 0 Å². The van der Waals surface area contributed by atoms with Crippen LogP contribution in [-0.4, -0.2) is 60.6 Å². The van der Waals surface area contributed by atoms with Crippen LogP contribution >= 0.6 is 0 Å². The predicted molar refractivity (Wildman–Crippen MR) is 87.2 cm³/mol. The van der Waals surface area contributed by atoms with Crippen molar-refractivity contribution in [3.63, 3.8) is 0 Å². The summed E-state index contributed by atoms with van der Waals surface area (Å²) in [6.45, 7) is 13.2. The molecule has 20 heavy (non-hydrogen) atoms. The average molecular weight is 281 g/mol. The number of nitrogens with zero attached hydrogens (tertiary/aromatic N) is 2. The number of hydrogen-bond acceptors (Lipinski definition) is 3. The molecule has 1 saturated carbocycles. The minimum atomic E-state index is 0.749. The number of piperazine rings is 1. The predicted octanol–water partition coefficient (Wildman–Crippen LogP) is 2.71. The molecule has 1 aliphatic heterocycles. The maximum absolute atomic E-state index is 3.81. The Morgan fingerprint density at radius 1 is 1.05 bits per heavy atom. The third kappa shape index (κ3) is 4.19. The summed E-state index contributed by atoms with van der Waals surface area (Å²) in [5.41, 5.74) is 0. The van der Waals surface area contributed by atoms with Crippen molar-refractivity contribution in [1.82, 2.24) is 15.1 Å². The molecule has 3 nitrogen and oxygen atoms in total. The second-order valence-corrected chi connectivity index (χ2v) is 6.74. The van der Waals surface area contributed by atoms with Crippen LogP contribution < -0.4 is 5.32 Å². The van der Waals surface area contributed by atoms with Gasteiger partial charge in [-0.2, -0.15) is 0 Å². The Balaban J connectivity index is 1.84. The first-order chi connectivity index (χ1) is 9.76. The van der Waals surface area contributed by atoms with Gasteiger partial charge in [0.25, 0.3) is 0 Å². The van der Waals surface area contributed by atoms with Gasteiger partial charge >= 0.3 is 0 Å². The van der Waals surface area contributed by atoms with E-state index >= 15 is 0 Å². The Morgan fingerprint density at radius 2 is 1.75 bits per heavy atom. The highest BCUT2D eigenvalue weighted by atomic mass is 15.3. The van der Waals surface area contributed by atoms with Crippen LogP contribution in [0, 0.1) is 0 Å². The molecule has 3 atom stereocenters. The topological polar surface area (TPSA) is 18.5 Å². The van der Waals surface area contributed by atoms with Crippen molar-refractivity contribution in [2.45, 2.75) is 77.4 Å². The first kappa shape index (κ1) is 16.3. The van der Waals surface area contributed by atoms with E-state index in [1.54, 1.807) is 0 Å². The average Bonchev–Trinajstić information content (AvgIpc) is 2.52. The maximum atomic E-state index is 3.81. The Hall–Kier alpha value is -0.120. The lowest BCUT2D eigenvalue weighted by atomic mass is 9.88. The molecule has 0 amide bonds. The highest BCUT2D eigenvalue weighted by Gasteiger charge is 2.32. The van der Waals surface area contributed by atoms with E-state index in [9.17, 15) is 0 Å². The van der Waals surface area contributed by atoms with E-state index < -0.39 is 0 Å². The fourth-order valence-corrected chi connectivity index (χ4v) is 3.88. The van der Waals surface area contributed by atoms with Crippen molar-refractivity contribution in [3.05, 3.63) is 0 Å². The lowest BCUT2D eigenvalue weighted by molar-refractivity contribution is 0.0457. The Kier molecular flexibility index (Phi) is 6.79. The van der Waals surface area contributed by atoms with E-state index in [0.29, 0.717) is 0 Å². The van der Waals surface area contributed by atoms with E-state index in [4.69, 9.17) is 0 Å². The third-order valence-corrected chi connectivity index (χ3v) is 5.42. The van der Waals surface area contributed by atoms with Gasteiger partial charge in [-0.15, -0.1) is 0 Å². The van der Waals surface area contributed by atoms with Crippen LogP contribution in [0.5, 0.6) is 0 Å². The van der Waals surface area contributed by atoms with E-state index in [0.717, 1.165) is 18.1 Å². The Labute approximate surface area is 126 Å². The summed E-state index contributed by atoms with van der Waals surface area (Å²) in [5.74, 6) is 0. The molecule has 2 aliphatic rings. The summed E-state index contributed by atoms with van der Waals surface area (Å²) in [6, 6.07) is 2.31. The van der Waals surface area contributed by atoms with Gasteiger partial charge in [0.2, 0.25) is 0 Å².